The Morgan fingerprint density at radius 1 is 0.875 bits per heavy atom. The maximum atomic E-state index is 10.2. The number of aromatic hydroxyl groups is 1. The van der Waals surface area contributed by atoms with Crippen LogP contribution in [0.25, 0.3) is 0 Å². The van der Waals surface area contributed by atoms with Gasteiger partial charge in [-0.25, -0.2) is 0 Å². The van der Waals surface area contributed by atoms with Gasteiger partial charge in [0.05, 0.1) is 13.2 Å². The molecule has 0 aliphatic rings. The summed E-state index contributed by atoms with van der Waals surface area (Å²) in [6, 6.07) is 5.07. The molecule has 0 saturated heterocycles. The van der Waals surface area contributed by atoms with E-state index in [0.717, 1.165) is 18.4 Å². The molecule has 1 atom stereocenters. The number of unbranched alkanes of at least 4 members (excludes halogenated alkanes) is 10. The predicted octanol–water partition coefficient (Wildman–Crippen LogP) is 6.14. The van der Waals surface area contributed by atoms with E-state index in [9.17, 15) is 10.2 Å². The first-order valence-corrected chi connectivity index (χ1v) is 9.74. The monoisotopic (exact) mass is 336 g/mol. The van der Waals surface area contributed by atoms with E-state index in [-0.39, 0.29) is 5.75 Å². The number of hydrogen-bond donors (Lipinski definition) is 2. The summed E-state index contributed by atoms with van der Waals surface area (Å²) < 4.78 is 5.09. The molecule has 1 rings (SSSR count). The van der Waals surface area contributed by atoms with Gasteiger partial charge in [-0.3, -0.25) is 0 Å². The summed E-state index contributed by atoms with van der Waals surface area (Å²) in [6.07, 6.45) is 14.7. The van der Waals surface area contributed by atoms with Crippen molar-refractivity contribution < 1.29 is 14.9 Å². The molecule has 138 valence electrons. The minimum atomic E-state index is -0.474. The van der Waals surface area contributed by atoms with E-state index < -0.39 is 6.10 Å². The van der Waals surface area contributed by atoms with Crippen molar-refractivity contribution in [2.45, 2.75) is 90.1 Å². The van der Waals surface area contributed by atoms with Crippen LogP contribution >= 0.6 is 0 Å². The van der Waals surface area contributed by atoms with Gasteiger partial charge in [0.1, 0.15) is 0 Å². The van der Waals surface area contributed by atoms with Crippen LogP contribution in [0.1, 0.15) is 95.6 Å². The fraction of sp³-hybridized carbons (Fsp3) is 0.714. The second-order valence-corrected chi connectivity index (χ2v) is 6.77. The molecule has 0 amide bonds. The molecule has 0 aliphatic heterocycles. The van der Waals surface area contributed by atoms with E-state index in [0.29, 0.717) is 5.75 Å². The number of methoxy groups -OCH3 is 1. The SMILES string of the molecule is CCCCCCCCCCCCCC(O)c1ccc(O)c(OC)c1. The predicted molar refractivity (Wildman–Crippen MR) is 101 cm³/mol. The Balaban J connectivity index is 2.04. The highest BCUT2D eigenvalue weighted by atomic mass is 16.5. The summed E-state index contributed by atoms with van der Waals surface area (Å²) >= 11 is 0. The molecule has 0 saturated carbocycles. The van der Waals surface area contributed by atoms with E-state index >= 15 is 0 Å². The summed E-state index contributed by atoms with van der Waals surface area (Å²) in [5, 5.41) is 19.8. The molecule has 0 aromatic heterocycles. The second-order valence-electron chi connectivity index (χ2n) is 6.77. The van der Waals surface area contributed by atoms with Gasteiger partial charge in [0.25, 0.3) is 0 Å². The minimum Gasteiger partial charge on any atom is -0.504 e. The van der Waals surface area contributed by atoms with Crippen LogP contribution in [0.5, 0.6) is 11.5 Å². The van der Waals surface area contributed by atoms with E-state index in [4.69, 9.17) is 4.74 Å². The van der Waals surface area contributed by atoms with Gasteiger partial charge in [-0.2, -0.15) is 0 Å². The number of aliphatic hydroxyl groups is 1. The average molecular weight is 337 g/mol. The molecule has 0 fully saturated rings. The van der Waals surface area contributed by atoms with Gasteiger partial charge < -0.3 is 14.9 Å². The summed E-state index contributed by atoms with van der Waals surface area (Å²) in [7, 11) is 1.52. The Kier molecular flexibility index (Phi) is 11.4. The lowest BCUT2D eigenvalue weighted by molar-refractivity contribution is 0.163. The first-order valence-electron chi connectivity index (χ1n) is 9.74. The quantitative estimate of drug-likeness (QED) is 0.401. The highest BCUT2D eigenvalue weighted by Gasteiger charge is 2.10. The van der Waals surface area contributed by atoms with Crippen LogP contribution in [0.4, 0.5) is 0 Å². The van der Waals surface area contributed by atoms with Crippen LogP contribution in [-0.2, 0) is 0 Å². The number of benzene rings is 1. The number of aliphatic hydroxyl groups excluding tert-OH is 1. The molecule has 1 aromatic carbocycles. The summed E-state index contributed by atoms with van der Waals surface area (Å²) in [6.45, 7) is 2.26. The Morgan fingerprint density at radius 3 is 1.96 bits per heavy atom. The first kappa shape index (κ1) is 20.8. The summed E-state index contributed by atoms with van der Waals surface area (Å²) in [5.41, 5.74) is 0.816. The van der Waals surface area contributed by atoms with Crippen molar-refractivity contribution in [1.82, 2.24) is 0 Å². The topological polar surface area (TPSA) is 49.7 Å². The van der Waals surface area contributed by atoms with Gasteiger partial charge in [-0.15, -0.1) is 0 Å². The van der Waals surface area contributed by atoms with Gasteiger partial charge in [0.15, 0.2) is 11.5 Å². The standard InChI is InChI=1S/C21H36O3/c1-3-4-5-6-7-8-9-10-11-12-13-14-19(22)18-15-16-20(23)21(17-18)24-2/h15-17,19,22-23H,3-14H2,1-2H3. The Morgan fingerprint density at radius 2 is 1.42 bits per heavy atom. The van der Waals surface area contributed by atoms with Crippen molar-refractivity contribution in [1.29, 1.82) is 0 Å². The lowest BCUT2D eigenvalue weighted by atomic mass is 10.0. The molecule has 0 spiro atoms. The highest BCUT2D eigenvalue weighted by molar-refractivity contribution is 5.42. The molecule has 24 heavy (non-hydrogen) atoms. The average Bonchev–Trinajstić information content (AvgIpc) is 2.59. The van der Waals surface area contributed by atoms with Crippen LogP contribution in [0.3, 0.4) is 0 Å². The fourth-order valence-electron chi connectivity index (χ4n) is 3.07. The van der Waals surface area contributed by atoms with Gasteiger partial charge in [0.2, 0.25) is 0 Å². The number of phenolic OH excluding ortho intramolecular Hbond substituents is 1. The first-order chi connectivity index (χ1) is 11.7. The molecule has 0 bridgehead atoms. The largest absolute Gasteiger partial charge is 0.504 e. The third-order valence-electron chi connectivity index (χ3n) is 4.67. The lowest BCUT2D eigenvalue weighted by Crippen LogP contribution is -1.98. The van der Waals surface area contributed by atoms with Crippen LogP contribution in [0.15, 0.2) is 18.2 Å². The van der Waals surface area contributed by atoms with Crippen molar-refractivity contribution >= 4 is 0 Å². The number of hydrogen-bond acceptors (Lipinski definition) is 3. The fourth-order valence-corrected chi connectivity index (χ4v) is 3.07. The number of rotatable bonds is 14. The van der Waals surface area contributed by atoms with Crippen molar-refractivity contribution in [3.05, 3.63) is 23.8 Å². The molecule has 0 heterocycles. The number of phenols is 1. The van der Waals surface area contributed by atoms with E-state index in [1.807, 2.05) is 0 Å². The third-order valence-corrected chi connectivity index (χ3v) is 4.67. The summed E-state index contributed by atoms with van der Waals surface area (Å²) in [5.74, 6) is 0.536. The second kappa shape index (κ2) is 13.1. The molecule has 0 radical (unpaired) electrons. The molecular weight excluding hydrogens is 300 g/mol. The summed E-state index contributed by atoms with van der Waals surface area (Å²) in [4.78, 5) is 0. The van der Waals surface area contributed by atoms with Crippen molar-refractivity contribution in [3.63, 3.8) is 0 Å². The molecule has 3 heteroatoms. The Hall–Kier alpha value is -1.22. The zero-order valence-corrected chi connectivity index (χ0v) is 15.6. The molecule has 3 nitrogen and oxygen atoms in total. The van der Waals surface area contributed by atoms with Gasteiger partial charge in [0, 0.05) is 0 Å². The molecule has 2 N–H and O–H groups in total. The maximum Gasteiger partial charge on any atom is 0.160 e. The molecule has 1 unspecified atom stereocenters. The van der Waals surface area contributed by atoms with Gasteiger partial charge in [-0.1, -0.05) is 83.6 Å². The van der Waals surface area contributed by atoms with Crippen LogP contribution < -0.4 is 4.74 Å². The number of ether oxygens (including phenoxy) is 1. The minimum absolute atomic E-state index is 0.114. The Bertz CT molecular complexity index is 431. The third kappa shape index (κ3) is 8.58. The van der Waals surface area contributed by atoms with Crippen LogP contribution in [0.2, 0.25) is 0 Å². The molecular formula is C21H36O3. The van der Waals surface area contributed by atoms with Gasteiger partial charge in [-0.05, 0) is 24.1 Å². The van der Waals surface area contributed by atoms with E-state index in [1.165, 1.54) is 71.3 Å². The zero-order chi connectivity index (χ0) is 17.6. The molecule has 1 aromatic rings. The van der Waals surface area contributed by atoms with Crippen molar-refractivity contribution in [2.24, 2.45) is 0 Å². The normalized spacial score (nSPS) is 12.3. The smallest absolute Gasteiger partial charge is 0.160 e. The Labute approximate surface area is 148 Å². The van der Waals surface area contributed by atoms with Crippen LogP contribution in [0, 0.1) is 0 Å². The highest BCUT2D eigenvalue weighted by Crippen LogP contribution is 2.30. The van der Waals surface area contributed by atoms with E-state index in [2.05, 4.69) is 6.92 Å². The van der Waals surface area contributed by atoms with Gasteiger partial charge >= 0.3 is 0 Å². The zero-order valence-electron chi connectivity index (χ0n) is 15.6. The van der Waals surface area contributed by atoms with Crippen molar-refractivity contribution in [2.75, 3.05) is 7.11 Å². The van der Waals surface area contributed by atoms with Crippen LogP contribution in [-0.4, -0.2) is 17.3 Å². The molecule has 0 aliphatic carbocycles. The lowest BCUT2D eigenvalue weighted by Gasteiger charge is -2.13. The maximum absolute atomic E-state index is 10.2. The van der Waals surface area contributed by atoms with E-state index in [1.54, 1.807) is 18.2 Å². The van der Waals surface area contributed by atoms with Crippen molar-refractivity contribution in [3.8, 4) is 11.5 Å².